The third kappa shape index (κ3) is 4.97. The van der Waals surface area contributed by atoms with Crippen LogP contribution in [0.1, 0.15) is 5.56 Å². The lowest BCUT2D eigenvalue weighted by molar-refractivity contribution is -0.0328. The van der Waals surface area contributed by atoms with Crippen LogP contribution in [-0.4, -0.2) is 10.7 Å². The molecular formula is C9H6F3NS2. The van der Waals surface area contributed by atoms with Crippen LogP contribution < -0.4 is 0 Å². The molecule has 0 aromatic heterocycles. The number of thioether (sulfide) groups is 1. The van der Waals surface area contributed by atoms with Gasteiger partial charge in [0.1, 0.15) is 0 Å². The second-order valence-electron chi connectivity index (χ2n) is 2.60. The molecule has 0 spiro atoms. The number of thiocarbonyl (C=S) groups is 1. The SMILES string of the molecule is FC(F)(F)Sc1ccc(CN=C=S)cc1. The molecule has 0 fully saturated rings. The maximum atomic E-state index is 12.0. The standard InChI is InChI=1S/C9H6F3NS2/c10-9(11,12)15-8-3-1-7(2-4-8)5-13-6-14/h1-4H,5H2. The summed E-state index contributed by atoms with van der Waals surface area (Å²) in [6, 6.07) is 5.99. The number of hydrogen-bond donors (Lipinski definition) is 0. The molecule has 0 unspecified atom stereocenters. The van der Waals surface area contributed by atoms with E-state index in [0.717, 1.165) is 5.56 Å². The van der Waals surface area contributed by atoms with E-state index in [2.05, 4.69) is 22.4 Å². The molecule has 1 aromatic rings. The Bertz CT molecular complexity index is 366. The van der Waals surface area contributed by atoms with E-state index in [1.54, 1.807) is 12.1 Å². The highest BCUT2D eigenvalue weighted by Crippen LogP contribution is 2.36. The summed E-state index contributed by atoms with van der Waals surface area (Å²) in [7, 11) is 0. The molecule has 0 N–H and O–H groups in total. The van der Waals surface area contributed by atoms with E-state index in [0.29, 0.717) is 6.54 Å². The zero-order chi connectivity index (χ0) is 11.3. The van der Waals surface area contributed by atoms with Crippen molar-refractivity contribution in [3.05, 3.63) is 29.8 Å². The molecule has 0 saturated heterocycles. The first kappa shape index (κ1) is 12.2. The number of hydrogen-bond acceptors (Lipinski definition) is 3. The van der Waals surface area contributed by atoms with Gasteiger partial charge in [-0.3, -0.25) is 0 Å². The number of aliphatic imine (C=N–C) groups is 1. The van der Waals surface area contributed by atoms with Gasteiger partial charge in [-0.05, 0) is 41.7 Å². The highest BCUT2D eigenvalue weighted by atomic mass is 32.2. The first-order valence-corrected chi connectivity index (χ1v) is 5.12. The van der Waals surface area contributed by atoms with E-state index in [9.17, 15) is 13.2 Å². The highest BCUT2D eigenvalue weighted by molar-refractivity contribution is 8.00. The van der Waals surface area contributed by atoms with Crippen LogP contribution in [0.25, 0.3) is 0 Å². The first-order chi connectivity index (χ1) is 7.01. The molecule has 0 saturated carbocycles. The third-order valence-electron chi connectivity index (χ3n) is 1.48. The van der Waals surface area contributed by atoms with Gasteiger partial charge in [0, 0.05) is 4.90 Å². The number of alkyl halides is 3. The van der Waals surface area contributed by atoms with Gasteiger partial charge < -0.3 is 0 Å². The monoisotopic (exact) mass is 249 g/mol. The van der Waals surface area contributed by atoms with E-state index in [4.69, 9.17) is 0 Å². The van der Waals surface area contributed by atoms with Crippen LogP contribution >= 0.6 is 24.0 Å². The van der Waals surface area contributed by atoms with Crippen LogP contribution in [-0.2, 0) is 6.54 Å². The number of nitrogens with zero attached hydrogens (tertiary/aromatic N) is 1. The molecule has 0 atom stereocenters. The molecule has 0 heterocycles. The zero-order valence-electron chi connectivity index (χ0n) is 7.41. The molecule has 1 nitrogen and oxygen atoms in total. The Morgan fingerprint density at radius 2 is 1.87 bits per heavy atom. The Hall–Kier alpha value is -0.840. The highest BCUT2D eigenvalue weighted by Gasteiger charge is 2.28. The summed E-state index contributed by atoms with van der Waals surface area (Å²) >= 11 is 4.25. The molecule has 6 heteroatoms. The summed E-state index contributed by atoms with van der Waals surface area (Å²) in [4.78, 5) is 3.85. The van der Waals surface area contributed by atoms with E-state index in [1.165, 1.54) is 12.1 Å². The first-order valence-electron chi connectivity index (χ1n) is 3.89. The molecule has 15 heavy (non-hydrogen) atoms. The van der Waals surface area contributed by atoms with E-state index < -0.39 is 5.51 Å². The topological polar surface area (TPSA) is 12.4 Å². The van der Waals surface area contributed by atoms with Gasteiger partial charge in [0.05, 0.1) is 11.7 Å². The van der Waals surface area contributed by atoms with Crippen LogP contribution in [0.5, 0.6) is 0 Å². The van der Waals surface area contributed by atoms with Crippen molar-refractivity contribution < 1.29 is 13.2 Å². The average molecular weight is 249 g/mol. The predicted octanol–water partition coefficient (Wildman–Crippen LogP) is 3.90. The minimum Gasteiger partial charge on any atom is -0.228 e. The Labute approximate surface area is 94.4 Å². The van der Waals surface area contributed by atoms with Crippen molar-refractivity contribution >= 4 is 29.1 Å². The molecule has 0 aliphatic heterocycles. The van der Waals surface area contributed by atoms with Crippen molar-refractivity contribution in [2.45, 2.75) is 16.9 Å². The minimum absolute atomic E-state index is 0.134. The quantitative estimate of drug-likeness (QED) is 0.457. The molecule has 80 valence electrons. The Morgan fingerprint density at radius 3 is 2.33 bits per heavy atom. The van der Waals surface area contributed by atoms with Gasteiger partial charge >= 0.3 is 5.51 Å². The zero-order valence-corrected chi connectivity index (χ0v) is 9.05. The van der Waals surface area contributed by atoms with Gasteiger partial charge in [0.15, 0.2) is 0 Å². The van der Waals surface area contributed by atoms with Crippen molar-refractivity contribution in [3.63, 3.8) is 0 Å². The van der Waals surface area contributed by atoms with Gasteiger partial charge in [-0.1, -0.05) is 12.1 Å². The minimum atomic E-state index is -4.24. The number of halogens is 3. The van der Waals surface area contributed by atoms with Crippen molar-refractivity contribution in [2.75, 3.05) is 0 Å². The predicted molar refractivity (Wildman–Crippen MR) is 57.1 cm³/mol. The molecule has 1 rings (SSSR count). The second kappa shape index (κ2) is 5.30. The lowest BCUT2D eigenvalue weighted by Gasteiger charge is -2.05. The molecule has 0 bridgehead atoms. The van der Waals surface area contributed by atoms with Crippen molar-refractivity contribution in [1.29, 1.82) is 0 Å². The van der Waals surface area contributed by atoms with Crippen LogP contribution in [0, 0.1) is 0 Å². The normalized spacial score (nSPS) is 10.9. The lowest BCUT2D eigenvalue weighted by atomic mass is 10.2. The Kier molecular flexibility index (Phi) is 4.32. The number of isothiocyanates is 1. The number of benzene rings is 1. The largest absolute Gasteiger partial charge is 0.446 e. The van der Waals surface area contributed by atoms with Crippen LogP contribution in [0.15, 0.2) is 34.2 Å². The molecular weight excluding hydrogens is 243 g/mol. The van der Waals surface area contributed by atoms with Crippen molar-refractivity contribution in [3.8, 4) is 0 Å². The molecule has 0 aliphatic carbocycles. The Balaban J connectivity index is 2.68. The van der Waals surface area contributed by atoms with Crippen LogP contribution in [0.4, 0.5) is 13.2 Å². The average Bonchev–Trinajstić information content (AvgIpc) is 2.14. The van der Waals surface area contributed by atoms with Gasteiger partial charge in [-0.2, -0.15) is 13.2 Å². The summed E-state index contributed by atoms with van der Waals surface area (Å²) in [6.07, 6.45) is 0. The van der Waals surface area contributed by atoms with Gasteiger partial charge in [-0.25, -0.2) is 4.99 Å². The summed E-state index contributed by atoms with van der Waals surface area (Å²) < 4.78 is 35.9. The summed E-state index contributed by atoms with van der Waals surface area (Å²) in [6.45, 7) is 0.348. The van der Waals surface area contributed by atoms with Crippen LogP contribution in [0.2, 0.25) is 0 Å². The molecule has 0 aliphatic rings. The fourth-order valence-electron chi connectivity index (χ4n) is 0.920. The van der Waals surface area contributed by atoms with Gasteiger partial charge in [0.25, 0.3) is 0 Å². The third-order valence-corrected chi connectivity index (χ3v) is 2.35. The molecule has 0 radical (unpaired) electrons. The van der Waals surface area contributed by atoms with E-state index in [-0.39, 0.29) is 16.7 Å². The summed E-state index contributed by atoms with van der Waals surface area (Å²) in [5.74, 6) is 0. The lowest BCUT2D eigenvalue weighted by Crippen LogP contribution is -1.98. The van der Waals surface area contributed by atoms with Gasteiger partial charge in [-0.15, -0.1) is 0 Å². The second-order valence-corrected chi connectivity index (χ2v) is 3.92. The number of rotatable bonds is 3. The summed E-state index contributed by atoms with van der Waals surface area (Å²) in [5.41, 5.74) is -3.44. The fourth-order valence-corrected chi connectivity index (χ4v) is 1.52. The Morgan fingerprint density at radius 1 is 1.27 bits per heavy atom. The van der Waals surface area contributed by atoms with Crippen LogP contribution in [0.3, 0.4) is 0 Å². The molecule has 1 aromatic carbocycles. The maximum absolute atomic E-state index is 12.0. The molecule has 0 amide bonds. The smallest absolute Gasteiger partial charge is 0.228 e. The summed E-state index contributed by atoms with van der Waals surface area (Å²) in [5, 5.41) is 2.19. The maximum Gasteiger partial charge on any atom is 0.446 e. The fraction of sp³-hybridized carbons (Fsp3) is 0.222. The van der Waals surface area contributed by atoms with E-state index >= 15 is 0 Å². The van der Waals surface area contributed by atoms with Crippen molar-refractivity contribution in [1.82, 2.24) is 0 Å². The van der Waals surface area contributed by atoms with E-state index in [1.807, 2.05) is 0 Å². The van der Waals surface area contributed by atoms with Gasteiger partial charge in [0.2, 0.25) is 0 Å². The van der Waals surface area contributed by atoms with Crippen molar-refractivity contribution in [2.24, 2.45) is 4.99 Å².